The summed E-state index contributed by atoms with van der Waals surface area (Å²) in [7, 11) is 0. The third-order valence-electron chi connectivity index (χ3n) is 5.76. The molecule has 1 unspecified atom stereocenters. The van der Waals surface area contributed by atoms with Crippen LogP contribution in [0.5, 0.6) is 5.75 Å². The van der Waals surface area contributed by atoms with Gasteiger partial charge in [-0.3, -0.25) is 9.59 Å². The van der Waals surface area contributed by atoms with E-state index < -0.39 is 0 Å². The van der Waals surface area contributed by atoms with Gasteiger partial charge in [0.05, 0.1) is 33.5 Å². The topological polar surface area (TPSA) is 124 Å². The van der Waals surface area contributed by atoms with Crippen molar-refractivity contribution in [2.45, 2.75) is 35.0 Å². The Bertz CT molecular complexity index is 1620. The quantitative estimate of drug-likeness (QED) is 0.167. The molecule has 5 aromatic rings. The summed E-state index contributed by atoms with van der Waals surface area (Å²) in [6.07, 6.45) is 0.598. The van der Waals surface area contributed by atoms with Crippen LogP contribution in [-0.2, 0) is 9.59 Å². The first-order chi connectivity index (χ1) is 20.0. The average Bonchev–Trinajstić information content (AvgIpc) is 3.63. The lowest BCUT2D eigenvalue weighted by Crippen LogP contribution is -2.25. The maximum absolute atomic E-state index is 13.2. The van der Waals surface area contributed by atoms with Crippen LogP contribution in [0.2, 0.25) is 0 Å². The molecule has 2 aromatic heterocycles. The Morgan fingerprint density at radius 3 is 2.54 bits per heavy atom. The SMILES string of the molecule is CCOc1ccc(NC(=O)CSc2nc3ccc(NC(=O)C(CC)Sc4nnnn4-c4ccccc4)cc3s2)cc1. The van der Waals surface area contributed by atoms with Gasteiger partial charge in [-0.05, 0) is 78.4 Å². The van der Waals surface area contributed by atoms with Crippen LogP contribution in [0, 0.1) is 0 Å². The number of anilines is 2. The zero-order chi connectivity index (χ0) is 28.6. The highest BCUT2D eigenvalue weighted by atomic mass is 32.2. The Morgan fingerprint density at radius 2 is 1.78 bits per heavy atom. The van der Waals surface area contributed by atoms with Gasteiger partial charge >= 0.3 is 0 Å². The van der Waals surface area contributed by atoms with E-state index in [0.29, 0.717) is 29.6 Å². The molecule has 10 nitrogen and oxygen atoms in total. The molecule has 2 amide bonds. The molecular weight excluding hydrogens is 579 g/mol. The van der Waals surface area contributed by atoms with Crippen molar-refractivity contribution in [2.75, 3.05) is 23.0 Å². The van der Waals surface area contributed by atoms with Crippen LogP contribution >= 0.6 is 34.9 Å². The smallest absolute Gasteiger partial charge is 0.237 e. The predicted molar refractivity (Wildman–Crippen MR) is 164 cm³/mol. The maximum atomic E-state index is 13.2. The van der Waals surface area contributed by atoms with Gasteiger partial charge in [-0.25, -0.2) is 4.98 Å². The van der Waals surface area contributed by atoms with Crippen molar-refractivity contribution in [3.63, 3.8) is 0 Å². The molecule has 210 valence electrons. The Kier molecular flexibility index (Phi) is 9.49. The number of hydrogen-bond acceptors (Lipinski definition) is 10. The summed E-state index contributed by atoms with van der Waals surface area (Å²) >= 11 is 4.18. The number of nitrogens with one attached hydrogen (secondary N) is 2. The zero-order valence-corrected chi connectivity index (χ0v) is 24.8. The molecule has 0 aliphatic heterocycles. The van der Waals surface area contributed by atoms with Gasteiger partial charge < -0.3 is 15.4 Å². The molecule has 2 N–H and O–H groups in total. The molecule has 0 aliphatic carbocycles. The Balaban J connectivity index is 1.18. The van der Waals surface area contributed by atoms with Crippen LogP contribution < -0.4 is 15.4 Å². The van der Waals surface area contributed by atoms with Crippen molar-refractivity contribution < 1.29 is 14.3 Å². The molecule has 0 radical (unpaired) electrons. The summed E-state index contributed by atoms with van der Waals surface area (Å²) in [5.41, 5.74) is 3.03. The van der Waals surface area contributed by atoms with E-state index in [1.165, 1.54) is 34.9 Å². The van der Waals surface area contributed by atoms with Crippen molar-refractivity contribution in [1.29, 1.82) is 0 Å². The molecule has 2 heterocycles. The highest BCUT2D eigenvalue weighted by molar-refractivity contribution is 8.01. The van der Waals surface area contributed by atoms with Gasteiger partial charge in [-0.15, -0.1) is 16.4 Å². The molecule has 1 atom stereocenters. The second kappa shape index (κ2) is 13.6. The molecule has 41 heavy (non-hydrogen) atoms. The predicted octanol–water partition coefficient (Wildman–Crippen LogP) is 5.91. The molecule has 3 aromatic carbocycles. The van der Waals surface area contributed by atoms with E-state index in [1.807, 2.05) is 86.6 Å². The lowest BCUT2D eigenvalue weighted by atomic mass is 10.2. The van der Waals surface area contributed by atoms with Gasteiger partial charge in [-0.2, -0.15) is 4.68 Å². The number of carbonyl (C=O) groups excluding carboxylic acids is 2. The molecule has 0 saturated heterocycles. The van der Waals surface area contributed by atoms with Gasteiger partial charge in [0.1, 0.15) is 5.75 Å². The second-order valence-electron chi connectivity index (χ2n) is 8.67. The molecule has 0 aliphatic rings. The van der Waals surface area contributed by atoms with E-state index in [0.717, 1.165) is 26.0 Å². The average molecular weight is 606 g/mol. The maximum Gasteiger partial charge on any atom is 0.237 e. The van der Waals surface area contributed by atoms with Crippen molar-refractivity contribution in [2.24, 2.45) is 0 Å². The van der Waals surface area contributed by atoms with Crippen LogP contribution in [0.15, 0.2) is 82.3 Å². The third-order valence-corrected chi connectivity index (χ3v) is 9.22. The first kappa shape index (κ1) is 28.6. The van der Waals surface area contributed by atoms with Gasteiger partial charge in [0, 0.05) is 11.4 Å². The van der Waals surface area contributed by atoms with Crippen molar-refractivity contribution in [3.05, 3.63) is 72.8 Å². The van der Waals surface area contributed by atoms with Crippen LogP contribution in [-0.4, -0.2) is 54.6 Å². The standard InChI is InChI=1S/C28H27N7O3S3/c1-3-23(40-27-32-33-34-35(27)20-8-6-5-7-9-20)26(37)30-19-12-15-22-24(16-19)41-28(31-22)39-17-25(36)29-18-10-13-21(14-11-18)38-4-2/h5-16,23H,3-4,17H2,1-2H3,(H,29,36)(H,30,37). The number of benzene rings is 3. The summed E-state index contributed by atoms with van der Waals surface area (Å²) in [6.45, 7) is 4.47. The number of carbonyl (C=O) groups is 2. The Labute approximate surface area is 249 Å². The fourth-order valence-electron chi connectivity index (χ4n) is 3.82. The van der Waals surface area contributed by atoms with E-state index in [4.69, 9.17) is 4.74 Å². The van der Waals surface area contributed by atoms with E-state index in [2.05, 4.69) is 31.1 Å². The minimum Gasteiger partial charge on any atom is -0.494 e. The highest BCUT2D eigenvalue weighted by Gasteiger charge is 2.22. The number of hydrogen-bond donors (Lipinski definition) is 2. The Morgan fingerprint density at radius 1 is 1.00 bits per heavy atom. The molecule has 13 heteroatoms. The van der Waals surface area contributed by atoms with Gasteiger partial charge in [0.25, 0.3) is 0 Å². The normalized spacial score (nSPS) is 11.8. The van der Waals surface area contributed by atoms with E-state index in [9.17, 15) is 9.59 Å². The molecule has 0 bridgehead atoms. The molecule has 0 spiro atoms. The number of fused-ring (bicyclic) bond motifs is 1. The summed E-state index contributed by atoms with van der Waals surface area (Å²) < 4.78 is 8.76. The summed E-state index contributed by atoms with van der Waals surface area (Å²) in [5.74, 6) is 0.741. The van der Waals surface area contributed by atoms with Crippen LogP contribution in [0.4, 0.5) is 11.4 Å². The lowest BCUT2D eigenvalue weighted by molar-refractivity contribution is -0.116. The number of thiazole rings is 1. The van der Waals surface area contributed by atoms with Crippen molar-refractivity contribution >= 4 is 68.3 Å². The number of thioether (sulfide) groups is 2. The number of amides is 2. The first-order valence-corrected chi connectivity index (χ1v) is 15.6. The zero-order valence-electron chi connectivity index (χ0n) is 22.3. The van der Waals surface area contributed by atoms with Crippen molar-refractivity contribution in [1.82, 2.24) is 25.2 Å². The molecule has 5 rings (SSSR count). The third kappa shape index (κ3) is 7.43. The fourth-order valence-corrected chi connectivity index (χ4v) is 6.64. The van der Waals surface area contributed by atoms with Crippen LogP contribution in [0.1, 0.15) is 20.3 Å². The number of ether oxygens (including phenoxy) is 1. The van der Waals surface area contributed by atoms with E-state index in [1.54, 1.807) is 4.68 Å². The fraction of sp³-hybridized carbons (Fsp3) is 0.214. The van der Waals surface area contributed by atoms with Gasteiger partial charge in [0.2, 0.25) is 17.0 Å². The summed E-state index contributed by atoms with van der Waals surface area (Å²) in [4.78, 5) is 30.2. The monoisotopic (exact) mass is 605 g/mol. The first-order valence-electron chi connectivity index (χ1n) is 12.9. The Hall–Kier alpha value is -3.94. The van der Waals surface area contributed by atoms with Crippen LogP contribution in [0.3, 0.4) is 0 Å². The largest absolute Gasteiger partial charge is 0.494 e. The number of nitrogens with zero attached hydrogens (tertiary/aromatic N) is 5. The summed E-state index contributed by atoms with van der Waals surface area (Å²) in [5, 5.41) is 18.1. The van der Waals surface area contributed by atoms with Gasteiger partial charge in [0.15, 0.2) is 4.34 Å². The number of para-hydroxylation sites is 1. The molecule has 0 saturated carbocycles. The minimum atomic E-state index is -0.388. The molecule has 0 fully saturated rings. The molecular formula is C28H27N7O3S3. The number of aromatic nitrogens is 5. The van der Waals surface area contributed by atoms with Gasteiger partial charge in [-0.1, -0.05) is 48.6 Å². The van der Waals surface area contributed by atoms with E-state index >= 15 is 0 Å². The van der Waals surface area contributed by atoms with Crippen LogP contribution in [0.25, 0.3) is 15.9 Å². The lowest BCUT2D eigenvalue weighted by Gasteiger charge is -2.14. The van der Waals surface area contributed by atoms with Crippen molar-refractivity contribution in [3.8, 4) is 11.4 Å². The second-order valence-corrected chi connectivity index (χ2v) is 12.1. The van der Waals surface area contributed by atoms with E-state index in [-0.39, 0.29) is 22.8 Å². The number of rotatable bonds is 12. The number of tetrazole rings is 1. The minimum absolute atomic E-state index is 0.118. The highest BCUT2D eigenvalue weighted by Crippen LogP contribution is 2.32. The summed E-state index contributed by atoms with van der Waals surface area (Å²) in [6, 6.07) is 22.4.